The Balaban J connectivity index is -0.000000366. The molecule has 0 radical (unpaired) electrons. The highest BCUT2D eigenvalue weighted by atomic mass is 16.6. The normalized spacial score (nSPS) is 9.47. The minimum atomic E-state index is -1.40. The summed E-state index contributed by atoms with van der Waals surface area (Å²) in [5.74, 6) is -4.01. The van der Waals surface area contributed by atoms with Crippen molar-refractivity contribution in [3.05, 3.63) is 11.1 Å². The molecule has 0 unspecified atom stereocenters. The summed E-state index contributed by atoms with van der Waals surface area (Å²) in [6.07, 6.45) is -0.231. The van der Waals surface area contributed by atoms with E-state index in [1.165, 1.54) is 27.7 Å². The maximum absolute atomic E-state index is 10.8. The molecule has 0 spiro atoms. The second-order valence-electron chi connectivity index (χ2n) is 7.13. The van der Waals surface area contributed by atoms with Crippen LogP contribution in [0.4, 0.5) is 0 Å². The van der Waals surface area contributed by atoms with Gasteiger partial charge in [-0.25, -0.2) is 9.59 Å². The minimum absolute atomic E-state index is 0.103. The fourth-order valence-electron chi connectivity index (χ4n) is 1.52. The van der Waals surface area contributed by atoms with Gasteiger partial charge in [0.2, 0.25) is 0 Å². The van der Waals surface area contributed by atoms with E-state index < -0.39 is 35.1 Å². The average Bonchev–Trinajstić information content (AvgIpc) is 2.43. The van der Waals surface area contributed by atoms with Gasteiger partial charge in [0.1, 0.15) is 35.6 Å². The van der Waals surface area contributed by atoms with Gasteiger partial charge in [0.25, 0.3) is 0 Å². The first-order valence-electron chi connectivity index (χ1n) is 8.94. The van der Waals surface area contributed by atoms with Gasteiger partial charge in [-0.1, -0.05) is 5.57 Å². The second kappa shape index (κ2) is 15.8. The highest BCUT2D eigenvalue weighted by Crippen LogP contribution is 2.08. The molecule has 0 aromatic heterocycles. The van der Waals surface area contributed by atoms with Crippen molar-refractivity contribution in [2.45, 2.75) is 73.8 Å². The van der Waals surface area contributed by atoms with E-state index in [2.05, 4.69) is 4.74 Å². The lowest BCUT2D eigenvalue weighted by molar-refractivity contribution is -0.156. The largest absolute Gasteiger partial charge is 0.477 e. The molecule has 0 heterocycles. The molecule has 0 atom stereocenters. The molecule has 10 nitrogen and oxygen atoms in total. The van der Waals surface area contributed by atoms with E-state index in [9.17, 15) is 28.8 Å². The topological polar surface area (TPSA) is 161 Å². The lowest BCUT2D eigenvalue weighted by Crippen LogP contribution is -2.24. The van der Waals surface area contributed by atoms with Crippen LogP contribution in [0, 0.1) is 0 Å². The molecular weight excluding hydrogens is 400 g/mol. The number of carboxylic acid groups (broad SMARTS) is 2. The predicted octanol–water partition coefficient (Wildman–Crippen LogP) is 2.33. The molecule has 0 bridgehead atoms. The van der Waals surface area contributed by atoms with Crippen LogP contribution in [-0.4, -0.2) is 57.9 Å². The summed E-state index contributed by atoms with van der Waals surface area (Å²) in [5, 5.41) is 16.6. The van der Waals surface area contributed by atoms with E-state index in [1.807, 2.05) is 0 Å². The Hall–Kier alpha value is -3.04. The third kappa shape index (κ3) is 23.0. The number of aliphatic carboxylic acids is 2. The maximum Gasteiger partial charge on any atom is 0.343 e. The molecule has 0 aromatic carbocycles. The SMILES string of the molecule is CC(=O)CC(=O)OC(C)(C)C.CC(C)=C(C(=O)O)C(=O)O.CCOC(=O)CC(C)=O. The van der Waals surface area contributed by atoms with Gasteiger partial charge in [0.05, 0.1) is 6.61 Å². The quantitative estimate of drug-likeness (QED) is 0.264. The summed E-state index contributed by atoms with van der Waals surface area (Å²) in [4.78, 5) is 62.2. The van der Waals surface area contributed by atoms with Crippen LogP contribution in [-0.2, 0) is 38.2 Å². The van der Waals surface area contributed by atoms with Gasteiger partial charge in [-0.3, -0.25) is 19.2 Å². The summed E-state index contributed by atoms with van der Waals surface area (Å²) in [7, 11) is 0. The smallest absolute Gasteiger partial charge is 0.343 e. The molecule has 10 heteroatoms. The number of Topliss-reactive ketones (excluding diaryl/α,β-unsaturated/α-hetero) is 2. The van der Waals surface area contributed by atoms with Crippen LogP contribution in [0.5, 0.6) is 0 Å². The zero-order chi connectivity index (χ0) is 24.7. The first-order chi connectivity index (χ1) is 13.4. The second-order valence-corrected chi connectivity index (χ2v) is 7.13. The van der Waals surface area contributed by atoms with Gasteiger partial charge >= 0.3 is 23.9 Å². The molecule has 0 rings (SSSR count). The van der Waals surface area contributed by atoms with Gasteiger partial charge < -0.3 is 19.7 Å². The van der Waals surface area contributed by atoms with Gasteiger partial charge in [-0.15, -0.1) is 0 Å². The van der Waals surface area contributed by atoms with Crippen molar-refractivity contribution >= 4 is 35.4 Å². The molecule has 0 saturated heterocycles. The molecule has 0 aliphatic rings. The van der Waals surface area contributed by atoms with Crippen LogP contribution in [0.1, 0.15) is 68.2 Å². The van der Waals surface area contributed by atoms with Gasteiger partial charge in [-0.2, -0.15) is 0 Å². The Morgan fingerprint density at radius 1 is 0.733 bits per heavy atom. The molecule has 172 valence electrons. The van der Waals surface area contributed by atoms with Crippen molar-refractivity contribution in [1.29, 1.82) is 0 Å². The standard InChI is InChI=1S/C8H14O3.C6H8O4.C6H10O3/c1-6(9)5-7(10)11-8(2,3)4;1-3(2)4(5(7)8)6(9)10;1-3-9-6(8)4-5(2)7/h5H2,1-4H3;1-2H3,(H,7,8)(H,9,10);3-4H2,1-2H3. The number of esters is 2. The summed E-state index contributed by atoms with van der Waals surface area (Å²) >= 11 is 0. The molecule has 0 aromatic rings. The van der Waals surface area contributed by atoms with Crippen LogP contribution < -0.4 is 0 Å². The zero-order valence-electron chi connectivity index (χ0n) is 18.8. The summed E-state index contributed by atoms with van der Waals surface area (Å²) in [6.45, 7) is 13.0. The van der Waals surface area contributed by atoms with Gasteiger partial charge in [-0.05, 0) is 55.4 Å². The van der Waals surface area contributed by atoms with Crippen LogP contribution >= 0.6 is 0 Å². The van der Waals surface area contributed by atoms with Crippen LogP contribution in [0.15, 0.2) is 11.1 Å². The van der Waals surface area contributed by atoms with Crippen molar-refractivity contribution in [2.75, 3.05) is 6.61 Å². The number of ketones is 2. The fourth-order valence-corrected chi connectivity index (χ4v) is 1.52. The van der Waals surface area contributed by atoms with Crippen LogP contribution in [0.2, 0.25) is 0 Å². The molecule has 30 heavy (non-hydrogen) atoms. The number of ether oxygens (including phenoxy) is 2. The zero-order valence-corrected chi connectivity index (χ0v) is 18.8. The van der Waals surface area contributed by atoms with Crippen molar-refractivity contribution in [1.82, 2.24) is 0 Å². The summed E-state index contributed by atoms with van der Waals surface area (Å²) in [6, 6.07) is 0. The first kappa shape index (κ1) is 31.6. The molecule has 0 saturated carbocycles. The number of hydrogen-bond acceptors (Lipinski definition) is 8. The number of carboxylic acids is 2. The number of hydrogen-bond donors (Lipinski definition) is 2. The Labute approximate surface area is 176 Å². The average molecular weight is 432 g/mol. The van der Waals surface area contributed by atoms with E-state index in [-0.39, 0.29) is 24.4 Å². The molecule has 0 fully saturated rings. The van der Waals surface area contributed by atoms with E-state index in [0.29, 0.717) is 12.2 Å². The highest BCUT2D eigenvalue weighted by Gasteiger charge is 2.17. The van der Waals surface area contributed by atoms with Crippen molar-refractivity contribution in [3.63, 3.8) is 0 Å². The Morgan fingerprint density at radius 2 is 1.10 bits per heavy atom. The number of carbonyl (C=O) groups excluding carboxylic acids is 4. The minimum Gasteiger partial charge on any atom is -0.477 e. The number of carbonyl (C=O) groups is 6. The van der Waals surface area contributed by atoms with E-state index in [4.69, 9.17) is 14.9 Å². The van der Waals surface area contributed by atoms with Gasteiger partial charge in [0.15, 0.2) is 0 Å². The first-order valence-corrected chi connectivity index (χ1v) is 8.94. The Bertz CT molecular complexity index is 646. The number of allylic oxidation sites excluding steroid dienone is 1. The lowest BCUT2D eigenvalue weighted by atomic mass is 10.1. The predicted molar refractivity (Wildman–Crippen MR) is 107 cm³/mol. The van der Waals surface area contributed by atoms with Crippen molar-refractivity contribution < 1.29 is 48.5 Å². The molecule has 0 aliphatic carbocycles. The van der Waals surface area contributed by atoms with E-state index in [0.717, 1.165) is 0 Å². The summed E-state index contributed by atoms with van der Waals surface area (Å²) in [5.41, 5.74) is -0.757. The van der Waals surface area contributed by atoms with Crippen LogP contribution in [0.3, 0.4) is 0 Å². The van der Waals surface area contributed by atoms with E-state index >= 15 is 0 Å². The Kier molecular flexibility index (Phi) is 16.7. The summed E-state index contributed by atoms with van der Waals surface area (Å²) < 4.78 is 9.38. The van der Waals surface area contributed by atoms with Crippen molar-refractivity contribution in [2.24, 2.45) is 0 Å². The number of rotatable bonds is 7. The fraction of sp³-hybridized carbons (Fsp3) is 0.600. The van der Waals surface area contributed by atoms with Gasteiger partial charge in [0, 0.05) is 0 Å². The van der Waals surface area contributed by atoms with Crippen molar-refractivity contribution in [3.8, 4) is 0 Å². The third-order valence-corrected chi connectivity index (χ3v) is 2.44. The molecule has 2 N–H and O–H groups in total. The van der Waals surface area contributed by atoms with Crippen LogP contribution in [0.25, 0.3) is 0 Å². The Morgan fingerprint density at radius 3 is 1.30 bits per heavy atom. The lowest BCUT2D eigenvalue weighted by Gasteiger charge is -2.18. The monoisotopic (exact) mass is 432 g/mol. The molecule has 0 amide bonds. The third-order valence-electron chi connectivity index (χ3n) is 2.44. The van der Waals surface area contributed by atoms with E-state index in [1.54, 1.807) is 27.7 Å². The molecule has 0 aliphatic heterocycles. The highest BCUT2D eigenvalue weighted by molar-refractivity contribution is 6.13. The maximum atomic E-state index is 10.8. The molecular formula is C20H32O10.